The smallest absolute Gasteiger partial charge is 0.190 e. The van der Waals surface area contributed by atoms with Gasteiger partial charge in [-0.1, -0.05) is 48.5 Å². The fraction of sp³-hybridized carbons (Fsp3) is 0. The van der Waals surface area contributed by atoms with Gasteiger partial charge in [0.25, 0.3) is 0 Å². The van der Waals surface area contributed by atoms with Crippen molar-refractivity contribution in [3.8, 4) is 17.1 Å². The summed E-state index contributed by atoms with van der Waals surface area (Å²) >= 11 is 0. The van der Waals surface area contributed by atoms with E-state index in [9.17, 15) is 5.11 Å². The van der Waals surface area contributed by atoms with Crippen molar-refractivity contribution in [3.05, 3.63) is 102 Å². The number of aromatic hydroxyl groups is 1. The Morgan fingerprint density at radius 3 is 1.61 bits per heavy atom. The molecule has 0 amide bonds. The maximum Gasteiger partial charge on any atom is 0.190 e. The van der Waals surface area contributed by atoms with Gasteiger partial charge in [-0.05, 0) is 68.9 Å². The first kappa shape index (κ1) is 18.4. The molecule has 1 N–H and O–H groups in total. The Kier molecular flexibility index (Phi) is 4.74. The Morgan fingerprint density at radius 2 is 1.13 bits per heavy atom. The Hall–Kier alpha value is -4.66. The van der Waals surface area contributed by atoms with Gasteiger partial charge in [-0.15, -0.1) is 10.2 Å². The molecule has 31 heavy (non-hydrogen) atoms. The molecule has 0 spiro atoms. The molecular weight excluding hydrogens is 392 g/mol. The molecule has 0 aliphatic carbocycles. The van der Waals surface area contributed by atoms with Crippen LogP contribution in [0.5, 0.6) is 5.75 Å². The van der Waals surface area contributed by atoms with Crippen molar-refractivity contribution in [2.45, 2.75) is 0 Å². The fourth-order valence-corrected chi connectivity index (χ4v) is 3.16. The van der Waals surface area contributed by atoms with E-state index in [2.05, 4.69) is 31.1 Å². The molecule has 2 aromatic heterocycles. The van der Waals surface area contributed by atoms with Gasteiger partial charge in [0.2, 0.25) is 0 Å². The number of tetrazole rings is 2. The molecule has 9 heteroatoms. The normalized spacial score (nSPS) is 10.7. The minimum absolute atomic E-state index is 0.182. The van der Waals surface area contributed by atoms with Gasteiger partial charge in [0, 0.05) is 0 Å². The molecule has 0 bridgehead atoms. The molecule has 5 rings (SSSR count). The summed E-state index contributed by atoms with van der Waals surface area (Å²) in [6.45, 7) is 0. The van der Waals surface area contributed by atoms with Gasteiger partial charge in [0.05, 0.1) is 16.9 Å². The first-order valence-electron chi connectivity index (χ1n) is 9.49. The van der Waals surface area contributed by atoms with Crippen LogP contribution in [0.3, 0.4) is 0 Å². The van der Waals surface area contributed by atoms with Gasteiger partial charge in [0.15, 0.2) is 11.6 Å². The molecule has 9 nitrogen and oxygen atoms in total. The van der Waals surface area contributed by atoms with Crippen LogP contribution in [0.25, 0.3) is 23.0 Å². The van der Waals surface area contributed by atoms with Crippen LogP contribution in [0.4, 0.5) is 0 Å². The van der Waals surface area contributed by atoms with Crippen LogP contribution in [-0.4, -0.2) is 45.5 Å². The quantitative estimate of drug-likeness (QED) is 0.476. The second-order valence-corrected chi connectivity index (χ2v) is 6.65. The lowest BCUT2D eigenvalue weighted by Crippen LogP contribution is -2.08. The van der Waals surface area contributed by atoms with Crippen LogP contribution in [0.15, 0.2) is 84.9 Å². The predicted molar refractivity (Wildman–Crippen MR) is 113 cm³/mol. The molecule has 0 saturated heterocycles. The third kappa shape index (κ3) is 3.67. The van der Waals surface area contributed by atoms with E-state index in [4.69, 9.17) is 0 Å². The predicted octanol–water partition coefficient (Wildman–Crippen LogP) is 2.93. The topological polar surface area (TPSA) is 107 Å². The number of nitrogens with zero attached hydrogens (tertiary/aromatic N) is 8. The van der Waals surface area contributed by atoms with E-state index in [0.717, 1.165) is 16.9 Å². The van der Waals surface area contributed by atoms with Crippen LogP contribution in [0.2, 0.25) is 0 Å². The van der Waals surface area contributed by atoms with Crippen LogP contribution >= 0.6 is 0 Å². The van der Waals surface area contributed by atoms with E-state index in [1.807, 2.05) is 66.7 Å². The number of phenols is 1. The summed E-state index contributed by atoms with van der Waals surface area (Å²) in [6.07, 6.45) is 1.88. The van der Waals surface area contributed by atoms with E-state index in [0.29, 0.717) is 17.2 Å². The van der Waals surface area contributed by atoms with Gasteiger partial charge in [-0.25, -0.2) is 0 Å². The lowest BCUT2D eigenvalue weighted by atomic mass is 10.1. The highest BCUT2D eigenvalue weighted by atomic mass is 16.3. The van der Waals surface area contributed by atoms with E-state index in [1.165, 1.54) is 0 Å². The van der Waals surface area contributed by atoms with E-state index >= 15 is 0 Å². The number of hydrogen-bond donors (Lipinski definition) is 1. The summed E-state index contributed by atoms with van der Waals surface area (Å²) in [7, 11) is 0. The summed E-state index contributed by atoms with van der Waals surface area (Å²) < 4.78 is 3.27. The Morgan fingerprint density at radius 1 is 0.645 bits per heavy atom. The van der Waals surface area contributed by atoms with Crippen molar-refractivity contribution in [2.24, 2.45) is 0 Å². The second kappa shape index (κ2) is 7.99. The maximum absolute atomic E-state index is 9.65. The number of aromatic nitrogens is 8. The first-order valence-corrected chi connectivity index (χ1v) is 9.49. The zero-order valence-corrected chi connectivity index (χ0v) is 16.2. The molecule has 0 aliphatic rings. The summed E-state index contributed by atoms with van der Waals surface area (Å²) in [5, 5.41) is 34.3. The summed E-state index contributed by atoms with van der Waals surface area (Å²) in [4.78, 5) is 0. The Labute approximate surface area is 176 Å². The van der Waals surface area contributed by atoms with Crippen LogP contribution in [0.1, 0.15) is 17.2 Å². The first-order chi connectivity index (χ1) is 15.3. The number of benzene rings is 3. The highest BCUT2D eigenvalue weighted by Crippen LogP contribution is 2.26. The zero-order chi connectivity index (χ0) is 21.0. The van der Waals surface area contributed by atoms with E-state index in [-0.39, 0.29) is 5.75 Å². The molecule has 0 unspecified atom stereocenters. The summed E-state index contributed by atoms with van der Waals surface area (Å²) in [5.41, 5.74) is 3.06. The largest absolute Gasteiger partial charge is 0.508 e. The number of hydrogen-bond acceptors (Lipinski definition) is 7. The minimum atomic E-state index is 0.182. The average Bonchev–Trinajstić information content (AvgIpc) is 3.50. The van der Waals surface area contributed by atoms with Gasteiger partial charge < -0.3 is 5.11 Å². The van der Waals surface area contributed by atoms with Crippen molar-refractivity contribution in [2.75, 3.05) is 0 Å². The monoisotopic (exact) mass is 408 g/mol. The number of phenolic OH excluding ortho intramolecular Hbond substituents is 1. The molecule has 0 saturated carbocycles. The third-order valence-corrected chi connectivity index (χ3v) is 4.63. The third-order valence-electron chi connectivity index (χ3n) is 4.63. The standard InChI is InChI=1S/C22H16N8O/c31-19-13-11-16(12-14-19)15-20(21-23-25-27-29(21)17-7-3-1-4-8-17)22-24-26-28-30(22)18-9-5-2-6-10-18/h1-15,31H. The summed E-state index contributed by atoms with van der Waals surface area (Å²) in [5.74, 6) is 1.14. The van der Waals surface area contributed by atoms with Gasteiger partial charge in [-0.2, -0.15) is 9.36 Å². The molecule has 0 atom stereocenters. The Balaban J connectivity index is 1.71. The second-order valence-electron chi connectivity index (χ2n) is 6.65. The van der Waals surface area contributed by atoms with Crippen molar-refractivity contribution in [3.63, 3.8) is 0 Å². The Bertz CT molecular complexity index is 1250. The molecule has 3 aromatic carbocycles. The zero-order valence-electron chi connectivity index (χ0n) is 16.2. The number of para-hydroxylation sites is 2. The SMILES string of the molecule is Oc1ccc(C=C(c2nnnn2-c2ccccc2)c2nnnn2-c2ccccc2)cc1. The molecule has 0 fully saturated rings. The highest BCUT2D eigenvalue weighted by molar-refractivity contribution is 5.87. The van der Waals surface area contributed by atoms with Crippen molar-refractivity contribution in [1.82, 2.24) is 40.4 Å². The minimum Gasteiger partial charge on any atom is -0.508 e. The molecular formula is C22H16N8O. The molecule has 150 valence electrons. The fourth-order valence-electron chi connectivity index (χ4n) is 3.16. The average molecular weight is 408 g/mol. The lowest BCUT2D eigenvalue weighted by molar-refractivity contribution is 0.475. The van der Waals surface area contributed by atoms with Crippen molar-refractivity contribution in [1.29, 1.82) is 0 Å². The summed E-state index contributed by atoms with van der Waals surface area (Å²) in [6, 6.07) is 26.0. The molecule has 2 heterocycles. The maximum atomic E-state index is 9.65. The van der Waals surface area contributed by atoms with Gasteiger partial charge >= 0.3 is 0 Å². The van der Waals surface area contributed by atoms with Crippen LogP contribution in [0, 0.1) is 0 Å². The van der Waals surface area contributed by atoms with Crippen molar-refractivity contribution < 1.29 is 5.11 Å². The van der Waals surface area contributed by atoms with E-state index in [1.54, 1.807) is 33.6 Å². The highest BCUT2D eigenvalue weighted by Gasteiger charge is 2.22. The lowest BCUT2D eigenvalue weighted by Gasteiger charge is -2.10. The van der Waals surface area contributed by atoms with Crippen molar-refractivity contribution >= 4 is 11.6 Å². The van der Waals surface area contributed by atoms with E-state index < -0.39 is 0 Å². The molecule has 0 radical (unpaired) electrons. The number of rotatable bonds is 5. The van der Waals surface area contributed by atoms with Gasteiger partial charge in [-0.3, -0.25) is 0 Å². The molecule has 0 aliphatic heterocycles. The van der Waals surface area contributed by atoms with Gasteiger partial charge in [0.1, 0.15) is 5.75 Å². The van der Waals surface area contributed by atoms with Crippen LogP contribution in [-0.2, 0) is 0 Å². The molecule has 5 aromatic rings. The van der Waals surface area contributed by atoms with Crippen LogP contribution < -0.4 is 0 Å².